The van der Waals surface area contributed by atoms with Gasteiger partial charge in [-0.05, 0) is 16.7 Å². The minimum atomic E-state index is -0.0906. The Morgan fingerprint density at radius 1 is 0.500 bits per heavy atom. The van der Waals surface area contributed by atoms with Crippen molar-refractivity contribution < 1.29 is 24.1 Å². The van der Waals surface area contributed by atoms with E-state index in [-0.39, 0.29) is 13.2 Å². The fourth-order valence-electron chi connectivity index (χ4n) is 3.36. The molecule has 0 aromatic heterocycles. The van der Waals surface area contributed by atoms with Gasteiger partial charge in [0.25, 0.3) is 0 Å². The molecule has 1 N–H and O–H groups in total. The van der Waals surface area contributed by atoms with Gasteiger partial charge in [-0.3, -0.25) is 0 Å². The highest BCUT2D eigenvalue weighted by molar-refractivity contribution is 5.56. The van der Waals surface area contributed by atoms with Gasteiger partial charge < -0.3 is 24.1 Å². The molecular formula is C29H28O5. The summed E-state index contributed by atoms with van der Waals surface area (Å²) in [5.41, 5.74) is 3.10. The normalized spacial score (nSPS) is 10.5. The zero-order valence-corrected chi connectivity index (χ0v) is 18.9. The Hall–Kier alpha value is -3.96. The third-order valence-corrected chi connectivity index (χ3v) is 5.05. The molecule has 5 nitrogen and oxygen atoms in total. The summed E-state index contributed by atoms with van der Waals surface area (Å²) < 4.78 is 24.3. The molecule has 0 aliphatic heterocycles. The lowest BCUT2D eigenvalue weighted by molar-refractivity contribution is 0.196. The van der Waals surface area contributed by atoms with Gasteiger partial charge in [0.1, 0.15) is 32.2 Å². The van der Waals surface area contributed by atoms with Crippen LogP contribution in [0.4, 0.5) is 0 Å². The van der Waals surface area contributed by atoms with Crippen LogP contribution in [-0.4, -0.2) is 18.3 Å². The topological polar surface area (TPSA) is 57.2 Å². The maximum atomic E-state index is 9.22. The molecule has 5 heteroatoms. The molecule has 0 aliphatic rings. The molecule has 0 heterocycles. The number of ether oxygens (including phenoxy) is 4. The average molecular weight is 457 g/mol. The SMILES string of the molecule is OCCOc1cc(OCc2ccccc2)c(OCc2ccccc2)c(OCc2ccccc2)c1. The highest BCUT2D eigenvalue weighted by Gasteiger charge is 2.17. The molecule has 0 bridgehead atoms. The molecule has 0 radical (unpaired) electrons. The summed E-state index contributed by atoms with van der Waals surface area (Å²) >= 11 is 0. The highest BCUT2D eigenvalue weighted by atomic mass is 16.5. The van der Waals surface area contributed by atoms with Crippen molar-refractivity contribution in [3.05, 3.63) is 120 Å². The second-order valence-corrected chi connectivity index (χ2v) is 7.64. The molecule has 0 saturated heterocycles. The summed E-state index contributed by atoms with van der Waals surface area (Å²) in [5, 5.41) is 9.22. The Morgan fingerprint density at radius 3 is 1.32 bits per heavy atom. The molecular weight excluding hydrogens is 428 g/mol. The number of hydrogen-bond donors (Lipinski definition) is 1. The predicted octanol–water partition coefficient (Wildman–Crippen LogP) is 5.79. The molecule has 0 aliphatic carbocycles. The number of aliphatic hydroxyl groups excluding tert-OH is 1. The van der Waals surface area contributed by atoms with Crippen LogP contribution < -0.4 is 18.9 Å². The summed E-state index contributed by atoms with van der Waals surface area (Å²) in [5.74, 6) is 2.07. The van der Waals surface area contributed by atoms with Crippen LogP contribution in [-0.2, 0) is 19.8 Å². The van der Waals surface area contributed by atoms with Crippen LogP contribution in [0.3, 0.4) is 0 Å². The van der Waals surface area contributed by atoms with Crippen molar-refractivity contribution >= 4 is 0 Å². The third kappa shape index (κ3) is 6.77. The zero-order chi connectivity index (χ0) is 23.4. The Bertz CT molecular complexity index is 1070. The van der Waals surface area contributed by atoms with E-state index in [0.717, 1.165) is 16.7 Å². The van der Waals surface area contributed by atoms with Crippen LogP contribution >= 0.6 is 0 Å². The van der Waals surface area contributed by atoms with Gasteiger partial charge in [0, 0.05) is 12.1 Å². The second-order valence-electron chi connectivity index (χ2n) is 7.64. The fraction of sp³-hybridized carbons (Fsp3) is 0.172. The summed E-state index contributed by atoms with van der Waals surface area (Å²) in [6.45, 7) is 1.17. The number of rotatable bonds is 12. The van der Waals surface area contributed by atoms with Gasteiger partial charge in [0.2, 0.25) is 5.75 Å². The van der Waals surface area contributed by atoms with Crippen molar-refractivity contribution in [3.8, 4) is 23.0 Å². The molecule has 0 fully saturated rings. The maximum absolute atomic E-state index is 9.22. The van der Waals surface area contributed by atoms with E-state index in [1.54, 1.807) is 12.1 Å². The molecule has 0 spiro atoms. The lowest BCUT2D eigenvalue weighted by atomic mass is 10.2. The van der Waals surface area contributed by atoms with E-state index in [1.807, 2.05) is 91.0 Å². The highest BCUT2D eigenvalue weighted by Crippen LogP contribution is 2.42. The van der Waals surface area contributed by atoms with Crippen molar-refractivity contribution in [3.63, 3.8) is 0 Å². The lowest BCUT2D eigenvalue weighted by Gasteiger charge is -2.19. The van der Waals surface area contributed by atoms with E-state index in [2.05, 4.69) is 0 Å². The second kappa shape index (κ2) is 12.3. The van der Waals surface area contributed by atoms with Crippen LogP contribution in [0, 0.1) is 0 Å². The monoisotopic (exact) mass is 456 g/mol. The van der Waals surface area contributed by atoms with E-state index < -0.39 is 0 Å². The maximum Gasteiger partial charge on any atom is 0.204 e. The number of hydrogen-bond acceptors (Lipinski definition) is 5. The first-order chi connectivity index (χ1) is 16.8. The first-order valence-corrected chi connectivity index (χ1v) is 11.2. The van der Waals surface area contributed by atoms with E-state index in [4.69, 9.17) is 18.9 Å². The van der Waals surface area contributed by atoms with Crippen LogP contribution in [0.15, 0.2) is 103 Å². The van der Waals surface area contributed by atoms with Crippen LogP contribution in [0.5, 0.6) is 23.0 Å². The zero-order valence-electron chi connectivity index (χ0n) is 18.9. The van der Waals surface area contributed by atoms with Crippen LogP contribution in [0.1, 0.15) is 16.7 Å². The van der Waals surface area contributed by atoms with Gasteiger partial charge in [0.05, 0.1) is 6.61 Å². The Balaban J connectivity index is 1.63. The van der Waals surface area contributed by atoms with Crippen molar-refractivity contribution in [2.24, 2.45) is 0 Å². The molecule has 4 aromatic rings. The van der Waals surface area contributed by atoms with Gasteiger partial charge >= 0.3 is 0 Å². The Kier molecular flexibility index (Phi) is 8.41. The molecule has 0 atom stereocenters. The first-order valence-electron chi connectivity index (χ1n) is 11.2. The van der Waals surface area contributed by atoms with Gasteiger partial charge in [-0.1, -0.05) is 91.0 Å². The van der Waals surface area contributed by atoms with Crippen LogP contribution in [0.2, 0.25) is 0 Å². The summed E-state index contributed by atoms with van der Waals surface area (Å²) in [6, 6.07) is 33.3. The van der Waals surface area contributed by atoms with Crippen molar-refractivity contribution in [1.29, 1.82) is 0 Å². The molecule has 174 valence electrons. The quantitative estimate of drug-likeness (QED) is 0.292. The van der Waals surface area contributed by atoms with Crippen molar-refractivity contribution in [1.82, 2.24) is 0 Å². The number of aliphatic hydroxyl groups is 1. The molecule has 0 amide bonds. The largest absolute Gasteiger partial charge is 0.491 e. The van der Waals surface area contributed by atoms with Crippen molar-refractivity contribution in [2.75, 3.05) is 13.2 Å². The van der Waals surface area contributed by atoms with E-state index >= 15 is 0 Å². The minimum Gasteiger partial charge on any atom is -0.491 e. The van der Waals surface area contributed by atoms with E-state index in [1.165, 1.54) is 0 Å². The lowest BCUT2D eigenvalue weighted by Crippen LogP contribution is -2.06. The van der Waals surface area contributed by atoms with Crippen molar-refractivity contribution in [2.45, 2.75) is 19.8 Å². The smallest absolute Gasteiger partial charge is 0.204 e. The standard InChI is InChI=1S/C29H28O5/c30-16-17-31-26-18-27(32-20-23-10-4-1-5-11-23)29(34-22-25-14-8-3-9-15-25)28(19-26)33-21-24-12-6-2-7-13-24/h1-15,18-19,30H,16-17,20-22H2. The summed E-state index contributed by atoms with van der Waals surface area (Å²) in [4.78, 5) is 0. The molecule has 34 heavy (non-hydrogen) atoms. The molecule has 4 aromatic carbocycles. The van der Waals surface area contributed by atoms with Crippen LogP contribution in [0.25, 0.3) is 0 Å². The van der Waals surface area contributed by atoms with E-state index in [0.29, 0.717) is 42.8 Å². The summed E-state index contributed by atoms with van der Waals surface area (Å²) in [7, 11) is 0. The first kappa shape index (κ1) is 23.2. The van der Waals surface area contributed by atoms with Gasteiger partial charge in [-0.15, -0.1) is 0 Å². The van der Waals surface area contributed by atoms with E-state index in [9.17, 15) is 5.11 Å². The molecule has 4 rings (SSSR count). The molecule has 0 saturated carbocycles. The Labute approximate surface area is 200 Å². The van der Waals surface area contributed by atoms with Gasteiger partial charge in [0.15, 0.2) is 11.5 Å². The number of benzene rings is 4. The average Bonchev–Trinajstić information content (AvgIpc) is 2.90. The van der Waals surface area contributed by atoms with Gasteiger partial charge in [-0.25, -0.2) is 0 Å². The minimum absolute atomic E-state index is 0.0906. The fourth-order valence-corrected chi connectivity index (χ4v) is 3.36. The van der Waals surface area contributed by atoms with Gasteiger partial charge in [-0.2, -0.15) is 0 Å². The summed E-state index contributed by atoms with van der Waals surface area (Å²) in [6.07, 6.45) is 0. The predicted molar refractivity (Wildman–Crippen MR) is 131 cm³/mol. The molecule has 0 unspecified atom stereocenters. The third-order valence-electron chi connectivity index (χ3n) is 5.05. The Morgan fingerprint density at radius 2 is 0.912 bits per heavy atom.